The molecule has 29 heavy (non-hydrogen) atoms. The van der Waals surface area contributed by atoms with Crippen LogP contribution in [0, 0.1) is 0 Å². The summed E-state index contributed by atoms with van der Waals surface area (Å²) in [5.74, 6) is 1.14. The van der Waals surface area contributed by atoms with Gasteiger partial charge in [0, 0.05) is 22.7 Å². The number of benzene rings is 1. The smallest absolute Gasteiger partial charge is 0.272 e. The first-order chi connectivity index (χ1) is 13.7. The molecule has 0 amide bonds. The lowest BCUT2D eigenvalue weighted by molar-refractivity contribution is 0.393. The predicted molar refractivity (Wildman–Crippen MR) is 111 cm³/mol. The van der Waals surface area contributed by atoms with Crippen molar-refractivity contribution < 1.29 is 9.47 Å². The molecule has 0 fully saturated rings. The lowest BCUT2D eigenvalue weighted by atomic mass is 9.90. The number of hydrogen-bond donors (Lipinski definition) is 3. The van der Waals surface area contributed by atoms with E-state index in [2.05, 4.69) is 19.9 Å². The van der Waals surface area contributed by atoms with Crippen LogP contribution in [-0.4, -0.2) is 34.2 Å². The van der Waals surface area contributed by atoms with E-state index in [9.17, 15) is 9.59 Å². The summed E-state index contributed by atoms with van der Waals surface area (Å²) in [7, 11) is 3.08. The Kier molecular flexibility index (Phi) is 5.45. The molecule has 1 aromatic carbocycles. The maximum absolute atomic E-state index is 12.6. The second-order valence-corrected chi connectivity index (χ2v) is 7.54. The van der Waals surface area contributed by atoms with Crippen LogP contribution in [0.15, 0.2) is 34.1 Å². The fraction of sp³-hybridized carbons (Fsp3) is 0.286. The topological polar surface area (TPSA) is 113 Å². The first-order valence-corrected chi connectivity index (χ1v) is 9.05. The molecule has 0 saturated carbocycles. The molecule has 8 heteroatoms. The van der Waals surface area contributed by atoms with E-state index in [1.807, 2.05) is 20.8 Å². The number of hydrogen-bond acceptors (Lipinski definition) is 5. The summed E-state index contributed by atoms with van der Waals surface area (Å²) in [6.45, 7) is 6.10. The van der Waals surface area contributed by atoms with Crippen LogP contribution < -0.4 is 31.3 Å². The molecular weight excluding hydrogens is 372 g/mol. The lowest BCUT2D eigenvalue weighted by Crippen LogP contribution is -2.46. The van der Waals surface area contributed by atoms with Gasteiger partial charge in [-0.2, -0.15) is 0 Å². The number of ether oxygens (including phenoxy) is 2. The van der Waals surface area contributed by atoms with E-state index in [0.29, 0.717) is 22.8 Å². The minimum atomic E-state index is -0.429. The number of methoxy groups -OCH3 is 2. The second kappa shape index (κ2) is 7.83. The predicted octanol–water partition coefficient (Wildman–Crippen LogP) is 0.759. The molecule has 0 atom stereocenters. The van der Waals surface area contributed by atoms with Crippen molar-refractivity contribution in [3.05, 3.63) is 72.9 Å². The number of H-pyrrole nitrogens is 3. The Labute approximate surface area is 167 Å². The fourth-order valence-corrected chi connectivity index (χ4v) is 2.94. The van der Waals surface area contributed by atoms with E-state index in [-0.39, 0.29) is 16.1 Å². The van der Waals surface area contributed by atoms with Crippen LogP contribution in [0.4, 0.5) is 0 Å². The van der Waals surface area contributed by atoms with E-state index >= 15 is 0 Å². The molecule has 0 radical (unpaired) electrons. The van der Waals surface area contributed by atoms with Crippen molar-refractivity contribution in [1.82, 2.24) is 19.9 Å². The zero-order chi connectivity index (χ0) is 21.2. The second-order valence-electron chi connectivity index (χ2n) is 7.54. The number of rotatable bonds is 4. The van der Waals surface area contributed by atoms with Crippen molar-refractivity contribution in [2.45, 2.75) is 26.2 Å². The molecule has 0 unspecified atom stereocenters. The summed E-state index contributed by atoms with van der Waals surface area (Å²) < 4.78 is 10.5. The molecule has 0 spiro atoms. The van der Waals surface area contributed by atoms with Crippen LogP contribution in [0.25, 0.3) is 12.2 Å². The van der Waals surface area contributed by atoms with Gasteiger partial charge in [0.25, 0.3) is 11.1 Å². The number of imidazole rings is 1. The molecule has 0 aliphatic heterocycles. The Morgan fingerprint density at radius 1 is 0.966 bits per heavy atom. The molecule has 0 aliphatic rings. The monoisotopic (exact) mass is 396 g/mol. The summed E-state index contributed by atoms with van der Waals surface area (Å²) in [5.41, 5.74) is 1.07. The molecule has 2 heterocycles. The van der Waals surface area contributed by atoms with Crippen LogP contribution in [0.3, 0.4) is 0 Å². The third kappa shape index (κ3) is 4.31. The van der Waals surface area contributed by atoms with Crippen LogP contribution >= 0.6 is 0 Å². The Morgan fingerprint density at radius 2 is 1.62 bits per heavy atom. The third-order valence-electron chi connectivity index (χ3n) is 4.43. The largest absolute Gasteiger partial charge is 0.497 e. The Hall–Kier alpha value is -3.55. The van der Waals surface area contributed by atoms with Gasteiger partial charge < -0.3 is 24.4 Å². The molecule has 3 rings (SSSR count). The van der Waals surface area contributed by atoms with Crippen molar-refractivity contribution in [3.63, 3.8) is 0 Å². The highest BCUT2D eigenvalue weighted by molar-refractivity contribution is 5.58. The van der Waals surface area contributed by atoms with E-state index in [1.165, 1.54) is 7.11 Å². The van der Waals surface area contributed by atoms with Crippen molar-refractivity contribution in [2.24, 2.45) is 0 Å². The molecule has 152 valence electrons. The van der Waals surface area contributed by atoms with E-state index in [0.717, 1.165) is 5.69 Å². The Balaban J connectivity index is 2.13. The van der Waals surface area contributed by atoms with Gasteiger partial charge in [0.2, 0.25) is 0 Å². The van der Waals surface area contributed by atoms with Gasteiger partial charge in [-0.05, 0) is 24.3 Å². The van der Waals surface area contributed by atoms with Crippen molar-refractivity contribution in [2.75, 3.05) is 14.2 Å². The van der Waals surface area contributed by atoms with Crippen molar-refractivity contribution in [1.29, 1.82) is 0 Å². The summed E-state index contributed by atoms with van der Waals surface area (Å²) in [4.78, 5) is 37.7. The van der Waals surface area contributed by atoms with E-state index in [4.69, 9.17) is 9.47 Å². The van der Waals surface area contributed by atoms with Gasteiger partial charge in [0.1, 0.15) is 22.2 Å². The van der Waals surface area contributed by atoms with Gasteiger partial charge in [0.15, 0.2) is 0 Å². The van der Waals surface area contributed by atoms with Crippen molar-refractivity contribution in [3.8, 4) is 11.5 Å². The molecule has 0 saturated heterocycles. The molecule has 8 nitrogen and oxygen atoms in total. The summed E-state index contributed by atoms with van der Waals surface area (Å²) in [6.07, 6.45) is 4.68. The van der Waals surface area contributed by atoms with Crippen LogP contribution in [0.1, 0.15) is 37.7 Å². The highest BCUT2D eigenvalue weighted by Crippen LogP contribution is 2.25. The summed E-state index contributed by atoms with van der Waals surface area (Å²) in [5, 5.41) is 0.250. The van der Waals surface area contributed by atoms with Gasteiger partial charge in [0.05, 0.1) is 26.2 Å². The standard InChI is InChI=1S/C21H24N4O4/c1-21(2,3)18-14(22-11-23-18)10-16-20(27)24-15(19(26)25-16)8-12-6-7-13(28-4)9-17(12)29-5/h6-11H,1-5H3,(H,22,23)(H,24,27)(H,25,26)/b15-8-,16-10-. The zero-order valence-corrected chi connectivity index (χ0v) is 17.0. The van der Waals surface area contributed by atoms with Crippen LogP contribution in [-0.2, 0) is 5.41 Å². The van der Waals surface area contributed by atoms with Gasteiger partial charge in [-0.1, -0.05) is 20.8 Å². The minimum absolute atomic E-state index is 0.119. The summed E-state index contributed by atoms with van der Waals surface area (Å²) in [6, 6.07) is 5.19. The van der Waals surface area contributed by atoms with Crippen LogP contribution in [0.5, 0.6) is 11.5 Å². The molecule has 0 bridgehead atoms. The van der Waals surface area contributed by atoms with Crippen LogP contribution in [0.2, 0.25) is 0 Å². The highest BCUT2D eigenvalue weighted by atomic mass is 16.5. The lowest BCUT2D eigenvalue weighted by Gasteiger charge is -2.16. The number of aromatic amines is 3. The zero-order valence-electron chi connectivity index (χ0n) is 17.0. The van der Waals surface area contributed by atoms with Gasteiger partial charge in [-0.15, -0.1) is 0 Å². The number of nitrogens with one attached hydrogen (secondary N) is 3. The van der Waals surface area contributed by atoms with E-state index < -0.39 is 11.1 Å². The average Bonchev–Trinajstić information content (AvgIpc) is 3.14. The van der Waals surface area contributed by atoms with Gasteiger partial charge in [-0.25, -0.2) is 4.98 Å². The molecule has 0 aliphatic carbocycles. The maximum Gasteiger partial charge on any atom is 0.272 e. The van der Waals surface area contributed by atoms with Gasteiger partial charge >= 0.3 is 0 Å². The minimum Gasteiger partial charge on any atom is -0.497 e. The Morgan fingerprint density at radius 3 is 2.21 bits per heavy atom. The molecular formula is C21H24N4O4. The maximum atomic E-state index is 12.6. The first-order valence-electron chi connectivity index (χ1n) is 9.05. The van der Waals surface area contributed by atoms with Gasteiger partial charge in [-0.3, -0.25) is 9.59 Å². The molecule has 2 aromatic heterocycles. The summed E-state index contributed by atoms with van der Waals surface area (Å²) >= 11 is 0. The number of aromatic nitrogens is 4. The van der Waals surface area contributed by atoms with Crippen molar-refractivity contribution >= 4 is 12.2 Å². The first kappa shape index (κ1) is 20.2. The average molecular weight is 396 g/mol. The molecule has 3 aromatic rings. The Bertz CT molecular complexity index is 1260. The molecule has 3 N–H and O–H groups in total. The van der Waals surface area contributed by atoms with E-state index in [1.54, 1.807) is 43.8 Å². The quantitative estimate of drug-likeness (QED) is 0.603. The highest BCUT2D eigenvalue weighted by Gasteiger charge is 2.19. The third-order valence-corrected chi connectivity index (χ3v) is 4.43. The normalized spacial score (nSPS) is 13.0. The SMILES string of the molecule is COc1ccc(/C=c2\[nH]c(=O)/c(=C/c3nc[nH]c3C(C)(C)C)[nH]c2=O)c(OC)c1. The number of nitrogens with zero attached hydrogens (tertiary/aromatic N) is 1. The fourth-order valence-electron chi connectivity index (χ4n) is 2.94.